The van der Waals surface area contributed by atoms with E-state index in [1.165, 1.54) is 25.3 Å². The fourth-order valence-corrected chi connectivity index (χ4v) is 6.71. The lowest BCUT2D eigenvalue weighted by Crippen LogP contribution is -2.66. The van der Waals surface area contributed by atoms with Crippen LogP contribution in [-0.4, -0.2) is 113 Å². The van der Waals surface area contributed by atoms with Gasteiger partial charge >= 0.3 is 5.97 Å². The average Bonchev–Trinajstić information content (AvgIpc) is 3.29. The van der Waals surface area contributed by atoms with Crippen molar-refractivity contribution >= 4 is 46.8 Å². The van der Waals surface area contributed by atoms with Crippen LogP contribution in [-0.2, 0) is 19.0 Å². The summed E-state index contributed by atoms with van der Waals surface area (Å²) in [6, 6.07) is 3.31. The highest BCUT2D eigenvalue weighted by atomic mass is 35.5. The number of benzene rings is 1. The van der Waals surface area contributed by atoms with Crippen LogP contribution in [0.1, 0.15) is 43.5 Å². The maximum atomic E-state index is 13.3. The number of hydrogen-bond acceptors (Lipinski definition) is 10. The number of ether oxygens (including phenoxy) is 3. The van der Waals surface area contributed by atoms with Gasteiger partial charge in [-0.15, -0.1) is 11.8 Å². The quantitative estimate of drug-likeness (QED) is 0.203. The van der Waals surface area contributed by atoms with Gasteiger partial charge < -0.3 is 34.8 Å². The highest BCUT2D eigenvalue weighted by Crippen LogP contribution is 2.32. The number of thioether (sulfide) groups is 1. The van der Waals surface area contributed by atoms with Crippen molar-refractivity contribution in [1.82, 2.24) is 10.2 Å². The van der Waals surface area contributed by atoms with Crippen LogP contribution in [0.3, 0.4) is 0 Å². The molecule has 2 fully saturated rings. The largest absolute Gasteiger partial charge is 0.461 e. The van der Waals surface area contributed by atoms with Crippen LogP contribution in [0, 0.1) is 5.92 Å². The summed E-state index contributed by atoms with van der Waals surface area (Å²) in [7, 11) is 3.40. The van der Waals surface area contributed by atoms with Crippen LogP contribution in [0.2, 0.25) is 10.0 Å². The van der Waals surface area contributed by atoms with Gasteiger partial charge in [0, 0.05) is 24.4 Å². The number of rotatable bonds is 12. The van der Waals surface area contributed by atoms with Crippen LogP contribution < -0.4 is 5.32 Å². The van der Waals surface area contributed by atoms with Gasteiger partial charge in [0.15, 0.2) is 0 Å². The number of aliphatic hydroxyl groups excluding tert-OH is 3. The highest BCUT2D eigenvalue weighted by molar-refractivity contribution is 7.99. The lowest BCUT2D eigenvalue weighted by molar-refractivity contribution is -0.212. The number of carbonyl (C=O) groups excluding carboxylic acids is 2. The lowest BCUT2D eigenvalue weighted by atomic mass is 9.91. The average molecular weight is 624 g/mol. The Hall–Kier alpha value is -1.15. The predicted octanol–water partition coefficient (Wildman–Crippen LogP) is 2.33. The van der Waals surface area contributed by atoms with E-state index < -0.39 is 48.0 Å². The van der Waals surface area contributed by atoms with Crippen molar-refractivity contribution in [3.8, 4) is 0 Å². The van der Waals surface area contributed by atoms with Crippen LogP contribution in [0.15, 0.2) is 18.2 Å². The molecule has 0 aromatic heterocycles. The van der Waals surface area contributed by atoms with Crippen molar-refractivity contribution in [2.24, 2.45) is 5.92 Å². The maximum absolute atomic E-state index is 13.3. The van der Waals surface area contributed by atoms with Crippen molar-refractivity contribution < 1.29 is 39.1 Å². The summed E-state index contributed by atoms with van der Waals surface area (Å²) >= 11 is 13.0. The number of aliphatic hydroxyl groups is 3. The second kappa shape index (κ2) is 15.4. The molecule has 0 spiro atoms. The number of carbonyl (C=O) groups is 2. The maximum Gasteiger partial charge on any atom is 0.339 e. The van der Waals surface area contributed by atoms with Crippen molar-refractivity contribution in [1.29, 1.82) is 0 Å². The summed E-state index contributed by atoms with van der Waals surface area (Å²) in [5, 5.41) is 35.6. The zero-order valence-electron chi connectivity index (χ0n) is 23.2. The summed E-state index contributed by atoms with van der Waals surface area (Å²) < 4.78 is 16.8. The molecule has 0 bridgehead atoms. The predicted molar refractivity (Wildman–Crippen MR) is 154 cm³/mol. The molecule has 1 aromatic rings. The van der Waals surface area contributed by atoms with Crippen LogP contribution >= 0.6 is 35.0 Å². The fraction of sp³-hybridized carbons (Fsp3) is 0.704. The van der Waals surface area contributed by atoms with Crippen LogP contribution in [0.4, 0.5) is 0 Å². The molecule has 0 unspecified atom stereocenters. The molecular weight excluding hydrogens is 583 g/mol. The van der Waals surface area contributed by atoms with Crippen molar-refractivity contribution in [3.63, 3.8) is 0 Å². The molecule has 13 heteroatoms. The fourth-order valence-electron chi connectivity index (χ4n) is 5.24. The molecule has 9 atom stereocenters. The smallest absolute Gasteiger partial charge is 0.339 e. The molecule has 0 aliphatic carbocycles. The van der Waals surface area contributed by atoms with Gasteiger partial charge in [-0.1, -0.05) is 36.5 Å². The first-order valence-corrected chi connectivity index (χ1v) is 15.3. The molecule has 1 aromatic carbocycles. The van der Waals surface area contributed by atoms with Crippen molar-refractivity contribution in [3.05, 3.63) is 33.8 Å². The molecule has 4 N–H and O–H groups in total. The van der Waals surface area contributed by atoms with Gasteiger partial charge in [0.2, 0.25) is 5.91 Å². The number of esters is 1. The number of hydrogen-bond donors (Lipinski definition) is 4. The molecule has 40 heavy (non-hydrogen) atoms. The van der Waals surface area contributed by atoms with E-state index in [1.807, 2.05) is 11.9 Å². The monoisotopic (exact) mass is 622 g/mol. The van der Waals surface area contributed by atoms with E-state index in [2.05, 4.69) is 12.2 Å². The second-order valence-electron chi connectivity index (χ2n) is 10.4. The lowest BCUT2D eigenvalue weighted by Gasteiger charge is -2.44. The van der Waals surface area contributed by atoms with E-state index in [0.717, 1.165) is 37.6 Å². The summed E-state index contributed by atoms with van der Waals surface area (Å²) in [4.78, 5) is 27.7. The number of likely N-dealkylation sites (tertiary alicyclic amines) is 1. The zero-order chi connectivity index (χ0) is 29.6. The number of nitrogens with one attached hydrogen (secondary N) is 1. The molecule has 2 aliphatic rings. The molecule has 1 amide bonds. The molecule has 0 radical (unpaired) electrons. The van der Waals surface area contributed by atoms with E-state index in [0.29, 0.717) is 10.9 Å². The van der Waals surface area contributed by atoms with E-state index in [1.54, 1.807) is 6.92 Å². The summed E-state index contributed by atoms with van der Waals surface area (Å²) in [5.41, 5.74) is -0.794. The summed E-state index contributed by atoms with van der Waals surface area (Å²) in [5.74, 6) is -0.182. The minimum Gasteiger partial charge on any atom is -0.461 e. The van der Waals surface area contributed by atoms with E-state index >= 15 is 0 Å². The van der Waals surface area contributed by atoms with Crippen LogP contribution in [0.5, 0.6) is 0 Å². The highest BCUT2D eigenvalue weighted by Gasteiger charge is 2.49. The van der Waals surface area contributed by atoms with Gasteiger partial charge in [0.25, 0.3) is 0 Å². The number of nitrogens with zero attached hydrogens (tertiary/aromatic N) is 1. The molecule has 2 saturated heterocycles. The molecule has 2 heterocycles. The Morgan fingerprint density at radius 2 is 1.95 bits per heavy atom. The van der Waals surface area contributed by atoms with Gasteiger partial charge in [-0.2, -0.15) is 0 Å². The van der Waals surface area contributed by atoms with E-state index in [-0.39, 0.29) is 34.9 Å². The molecular formula is C27H40Cl2N2O8S. The molecule has 3 rings (SSSR count). The first-order valence-electron chi connectivity index (χ1n) is 13.4. The Morgan fingerprint density at radius 1 is 1.23 bits per heavy atom. The third-order valence-corrected chi connectivity index (χ3v) is 9.20. The van der Waals surface area contributed by atoms with E-state index in [9.17, 15) is 24.9 Å². The Bertz CT molecular complexity index is 1010. The Labute approximate surface area is 249 Å². The van der Waals surface area contributed by atoms with Gasteiger partial charge in [0.05, 0.1) is 28.8 Å². The zero-order valence-corrected chi connectivity index (χ0v) is 25.5. The second-order valence-corrected chi connectivity index (χ2v) is 12.4. The Morgan fingerprint density at radius 3 is 2.60 bits per heavy atom. The number of halogens is 2. The van der Waals surface area contributed by atoms with Crippen molar-refractivity contribution in [2.75, 3.05) is 33.1 Å². The minimum absolute atomic E-state index is 0.0278. The van der Waals surface area contributed by atoms with E-state index in [4.69, 9.17) is 37.4 Å². The molecule has 2 aliphatic heterocycles. The summed E-state index contributed by atoms with van der Waals surface area (Å²) in [6.45, 7) is 4.66. The van der Waals surface area contributed by atoms with Crippen molar-refractivity contribution in [2.45, 2.75) is 81.1 Å². The normalized spacial score (nSPS) is 30.6. The first-order chi connectivity index (χ1) is 19.0. The number of likely N-dealkylation sites (N-methyl/N-ethyl adjacent to an activating group) is 1. The Kier molecular flexibility index (Phi) is 12.8. The molecule has 10 nitrogen and oxygen atoms in total. The topological polar surface area (TPSA) is 138 Å². The summed E-state index contributed by atoms with van der Waals surface area (Å²) in [6.07, 6.45) is -3.23. The minimum atomic E-state index is -1.53. The molecule has 226 valence electrons. The SMILES string of the molecule is CCC[C@@H]1C[C@@H](C(=O)N[C@@H]([C@H]2O[C@H](SCCOC(=O)c3ccc(Cl)cc3Cl)[C@H](O)[C@@H](O)[C@H]2O)[C@@H](C)OC)N(C)C1. The first kappa shape index (κ1) is 33.4. The van der Waals surface area contributed by atoms with Gasteiger partial charge in [-0.25, -0.2) is 4.79 Å². The van der Waals surface area contributed by atoms with Gasteiger partial charge in [-0.05, 0) is 50.9 Å². The Balaban J connectivity index is 1.63. The third-order valence-electron chi connectivity index (χ3n) is 7.53. The standard InChI is InChI=1S/C27H40Cl2N2O8S/c1-5-6-15-11-19(31(3)13-15)25(35)30-20(14(2)37-4)24-22(33)21(32)23(34)27(39-24)40-10-9-38-26(36)17-8-7-16(28)12-18(17)29/h7-8,12,14-15,19-24,27,32-34H,5-6,9-11,13H2,1-4H3,(H,30,35)/t14-,15-,19+,20-,21+,22-,23-,24-,27-/m1/s1. The molecule has 0 saturated carbocycles. The number of amides is 1. The van der Waals surface area contributed by atoms with Gasteiger partial charge in [0.1, 0.15) is 36.5 Å². The number of methoxy groups -OCH3 is 1. The van der Waals surface area contributed by atoms with Crippen LogP contribution in [0.25, 0.3) is 0 Å². The van der Waals surface area contributed by atoms with Gasteiger partial charge in [-0.3, -0.25) is 9.69 Å². The third kappa shape index (κ3) is 8.23.